The fourth-order valence-corrected chi connectivity index (χ4v) is 4.39. The highest BCUT2D eigenvalue weighted by molar-refractivity contribution is 7.20. The minimum Gasteiger partial charge on any atom is -0.466 e. The highest BCUT2D eigenvalue weighted by atomic mass is 32.1. The Hall–Kier alpha value is -2.74. The van der Waals surface area contributed by atoms with Gasteiger partial charge in [0.1, 0.15) is 11.5 Å². The van der Waals surface area contributed by atoms with Crippen LogP contribution >= 0.6 is 11.3 Å². The van der Waals surface area contributed by atoms with Crippen LogP contribution in [0, 0.1) is 11.7 Å². The number of hydrogen-bond acceptors (Lipinski definition) is 5. The van der Waals surface area contributed by atoms with Crippen LogP contribution in [0.5, 0.6) is 0 Å². The van der Waals surface area contributed by atoms with E-state index in [2.05, 4.69) is 4.98 Å². The van der Waals surface area contributed by atoms with Crippen molar-refractivity contribution in [3.05, 3.63) is 48.2 Å². The van der Waals surface area contributed by atoms with Gasteiger partial charge in [-0.05, 0) is 37.5 Å². The second-order valence-corrected chi connectivity index (χ2v) is 7.77. The van der Waals surface area contributed by atoms with E-state index in [0.717, 1.165) is 23.3 Å². The van der Waals surface area contributed by atoms with Gasteiger partial charge in [0.25, 0.3) is 5.91 Å². The van der Waals surface area contributed by atoms with Gasteiger partial charge in [0.05, 0.1) is 17.4 Å². The number of nitrogens with zero attached hydrogens (tertiary/aromatic N) is 3. The number of carbonyl (C=O) groups excluding carboxylic acids is 2. The number of likely N-dealkylation sites (tertiary alicyclic amines) is 1. The van der Waals surface area contributed by atoms with Crippen molar-refractivity contribution in [3.8, 4) is 10.4 Å². The Morgan fingerprint density at radius 1 is 1.29 bits per heavy atom. The van der Waals surface area contributed by atoms with E-state index >= 15 is 0 Å². The zero-order chi connectivity index (χ0) is 19.7. The van der Waals surface area contributed by atoms with E-state index in [9.17, 15) is 14.0 Å². The van der Waals surface area contributed by atoms with E-state index in [0.29, 0.717) is 30.4 Å². The molecule has 3 aromatic rings. The molecule has 0 N–H and O–H groups in total. The first-order valence-corrected chi connectivity index (χ1v) is 10.1. The van der Waals surface area contributed by atoms with E-state index in [1.807, 2.05) is 10.6 Å². The Labute approximate surface area is 165 Å². The van der Waals surface area contributed by atoms with Crippen molar-refractivity contribution in [2.75, 3.05) is 19.7 Å². The van der Waals surface area contributed by atoms with E-state index in [4.69, 9.17) is 4.74 Å². The summed E-state index contributed by atoms with van der Waals surface area (Å²) in [5.74, 6) is -0.963. The number of thiazole rings is 1. The van der Waals surface area contributed by atoms with Crippen molar-refractivity contribution in [1.82, 2.24) is 14.3 Å². The molecule has 1 atom stereocenters. The Balaban J connectivity index is 1.51. The zero-order valence-corrected chi connectivity index (χ0v) is 16.2. The van der Waals surface area contributed by atoms with E-state index in [1.54, 1.807) is 30.2 Å². The third-order valence-corrected chi connectivity index (χ3v) is 5.88. The predicted octanol–water partition coefficient (Wildman–Crippen LogP) is 3.62. The number of carbonyl (C=O) groups is 2. The van der Waals surface area contributed by atoms with Crippen LogP contribution in [0.4, 0.5) is 4.39 Å². The summed E-state index contributed by atoms with van der Waals surface area (Å²) in [5, 5.41) is 0. The molecule has 6 nitrogen and oxygen atoms in total. The molecule has 0 bridgehead atoms. The van der Waals surface area contributed by atoms with Gasteiger partial charge in [0, 0.05) is 25.5 Å². The molecule has 8 heteroatoms. The molecule has 0 radical (unpaired) electrons. The molecule has 28 heavy (non-hydrogen) atoms. The predicted molar refractivity (Wildman–Crippen MR) is 104 cm³/mol. The summed E-state index contributed by atoms with van der Waals surface area (Å²) in [5.41, 5.74) is 1.26. The van der Waals surface area contributed by atoms with E-state index in [1.165, 1.54) is 23.5 Å². The summed E-state index contributed by atoms with van der Waals surface area (Å²) in [6.07, 6.45) is 5.10. The molecule has 1 amide bonds. The van der Waals surface area contributed by atoms with E-state index < -0.39 is 0 Å². The Kier molecular flexibility index (Phi) is 5.13. The summed E-state index contributed by atoms with van der Waals surface area (Å²) in [4.78, 5) is 32.6. The maximum Gasteiger partial charge on any atom is 0.310 e. The lowest BCUT2D eigenvalue weighted by Gasteiger charge is -2.31. The van der Waals surface area contributed by atoms with Crippen LogP contribution in [0.25, 0.3) is 15.4 Å². The van der Waals surface area contributed by atoms with Crippen molar-refractivity contribution in [2.24, 2.45) is 5.92 Å². The molecule has 0 saturated carbocycles. The fraction of sp³-hybridized carbons (Fsp3) is 0.350. The number of hydrogen-bond donors (Lipinski definition) is 0. The van der Waals surface area contributed by atoms with Gasteiger partial charge in [-0.1, -0.05) is 23.5 Å². The van der Waals surface area contributed by atoms with Crippen molar-refractivity contribution in [1.29, 1.82) is 0 Å². The maximum absolute atomic E-state index is 13.1. The van der Waals surface area contributed by atoms with Crippen LogP contribution < -0.4 is 0 Å². The quantitative estimate of drug-likeness (QED) is 0.627. The van der Waals surface area contributed by atoms with Crippen LogP contribution in [-0.2, 0) is 9.53 Å². The molecule has 146 valence electrons. The lowest BCUT2D eigenvalue weighted by molar-refractivity contribution is -0.149. The number of imidazole rings is 1. The van der Waals surface area contributed by atoms with Crippen molar-refractivity contribution >= 4 is 28.2 Å². The van der Waals surface area contributed by atoms with Crippen LogP contribution in [0.3, 0.4) is 0 Å². The average Bonchev–Trinajstić information content (AvgIpc) is 3.27. The lowest BCUT2D eigenvalue weighted by Crippen LogP contribution is -2.43. The smallest absolute Gasteiger partial charge is 0.310 e. The topological polar surface area (TPSA) is 63.9 Å². The molecular weight excluding hydrogens is 381 g/mol. The number of aromatic nitrogens is 2. The van der Waals surface area contributed by atoms with Gasteiger partial charge in [-0.25, -0.2) is 9.37 Å². The molecule has 2 aromatic heterocycles. The Bertz CT molecular complexity index is 980. The number of piperidine rings is 1. The molecule has 1 aliphatic heterocycles. The van der Waals surface area contributed by atoms with Gasteiger partial charge >= 0.3 is 5.97 Å². The molecule has 1 aromatic carbocycles. The van der Waals surface area contributed by atoms with Crippen LogP contribution in [0.2, 0.25) is 0 Å². The fourth-order valence-electron chi connectivity index (χ4n) is 3.42. The second-order valence-electron chi connectivity index (χ2n) is 6.76. The van der Waals surface area contributed by atoms with Gasteiger partial charge in [-0.3, -0.25) is 14.0 Å². The third kappa shape index (κ3) is 3.64. The van der Waals surface area contributed by atoms with Gasteiger partial charge < -0.3 is 9.64 Å². The highest BCUT2D eigenvalue weighted by Gasteiger charge is 2.30. The summed E-state index contributed by atoms with van der Waals surface area (Å²) in [6.45, 7) is 3.10. The first-order chi connectivity index (χ1) is 13.5. The van der Waals surface area contributed by atoms with Gasteiger partial charge in [0.2, 0.25) is 0 Å². The molecule has 4 rings (SSSR count). The second kappa shape index (κ2) is 7.71. The summed E-state index contributed by atoms with van der Waals surface area (Å²) >= 11 is 1.44. The molecule has 1 aliphatic rings. The largest absolute Gasteiger partial charge is 0.466 e. The normalized spacial score (nSPS) is 17.1. The number of fused-ring (bicyclic) bond motifs is 1. The number of rotatable bonds is 4. The van der Waals surface area contributed by atoms with Crippen LogP contribution in [0.15, 0.2) is 36.7 Å². The van der Waals surface area contributed by atoms with Gasteiger partial charge in [-0.15, -0.1) is 0 Å². The van der Waals surface area contributed by atoms with Crippen molar-refractivity contribution in [2.45, 2.75) is 19.8 Å². The van der Waals surface area contributed by atoms with Crippen molar-refractivity contribution < 1.29 is 18.7 Å². The number of amides is 1. The van der Waals surface area contributed by atoms with Crippen LogP contribution in [-0.4, -0.2) is 45.9 Å². The zero-order valence-electron chi connectivity index (χ0n) is 15.4. The molecule has 0 aliphatic carbocycles. The maximum atomic E-state index is 13.1. The molecule has 1 fully saturated rings. The van der Waals surface area contributed by atoms with Crippen molar-refractivity contribution in [3.63, 3.8) is 0 Å². The van der Waals surface area contributed by atoms with Gasteiger partial charge in [-0.2, -0.15) is 0 Å². The van der Waals surface area contributed by atoms with Crippen LogP contribution in [0.1, 0.15) is 30.3 Å². The highest BCUT2D eigenvalue weighted by Crippen LogP contribution is 2.29. The number of benzene rings is 1. The Morgan fingerprint density at radius 2 is 2.07 bits per heavy atom. The molecule has 1 saturated heterocycles. The Morgan fingerprint density at radius 3 is 2.79 bits per heavy atom. The molecular formula is C20H20FN3O3S. The first kappa shape index (κ1) is 18.6. The number of halogens is 1. The standard InChI is InChI=1S/C20H20FN3O3S/c1-2-27-19(26)14-4-3-9-23(10-14)18(25)16-11-24-12-17(28-20(24)22-16)13-5-7-15(21)8-6-13/h5-8,11-12,14H,2-4,9-10H2,1H3. The first-order valence-electron chi connectivity index (χ1n) is 9.25. The SMILES string of the molecule is CCOC(=O)C1CCCN(C(=O)c2cn3cc(-c4ccc(F)cc4)sc3n2)C1. The molecule has 3 heterocycles. The molecule has 1 unspecified atom stereocenters. The van der Waals surface area contributed by atoms with Gasteiger partial charge in [0.15, 0.2) is 4.96 Å². The third-order valence-electron chi connectivity index (χ3n) is 4.83. The summed E-state index contributed by atoms with van der Waals surface area (Å²) in [7, 11) is 0. The summed E-state index contributed by atoms with van der Waals surface area (Å²) < 4.78 is 20.0. The minimum absolute atomic E-state index is 0.173. The van der Waals surface area contributed by atoms with E-state index in [-0.39, 0.29) is 23.6 Å². The minimum atomic E-state index is -0.277. The average molecular weight is 401 g/mol. The lowest BCUT2D eigenvalue weighted by atomic mass is 9.98. The monoisotopic (exact) mass is 401 g/mol. The summed E-state index contributed by atoms with van der Waals surface area (Å²) in [6, 6.07) is 6.28. The molecule has 0 spiro atoms. The number of ether oxygens (including phenoxy) is 1. The number of esters is 1.